The van der Waals surface area contributed by atoms with E-state index in [-0.39, 0.29) is 11.9 Å². The average molecular weight is 349 g/mol. The maximum Gasteiger partial charge on any atom is 0.378 e. The van der Waals surface area contributed by atoms with Gasteiger partial charge in [0.25, 0.3) is 5.97 Å². The van der Waals surface area contributed by atoms with Gasteiger partial charge in [-0.25, -0.2) is 0 Å². The number of fused-ring (bicyclic) bond motifs is 1. The van der Waals surface area contributed by atoms with Gasteiger partial charge in [-0.1, -0.05) is 62.2 Å². The third-order valence-electron chi connectivity index (χ3n) is 5.76. The van der Waals surface area contributed by atoms with E-state index in [0.717, 1.165) is 51.7 Å². The number of piperidine rings is 1. The minimum absolute atomic E-state index is 0.0420. The molecular weight excluding hydrogens is 321 g/mol. The Morgan fingerprint density at radius 2 is 1.92 bits per heavy atom. The molecule has 0 aliphatic carbocycles. The van der Waals surface area contributed by atoms with E-state index < -0.39 is 0 Å². The monoisotopic (exact) mass is 349 g/mol. The molecule has 1 heterocycles. The minimum Gasteiger partial charge on any atom is -0.543 e. The molecule has 2 aromatic carbocycles. The highest BCUT2D eigenvalue weighted by atomic mass is 16.5. The van der Waals surface area contributed by atoms with Crippen molar-refractivity contribution in [1.82, 2.24) is 4.90 Å². The van der Waals surface area contributed by atoms with Crippen molar-refractivity contribution in [3.63, 3.8) is 0 Å². The first-order chi connectivity index (χ1) is 12.7. The molecule has 0 amide bonds. The maximum absolute atomic E-state index is 12.1. The quantitative estimate of drug-likeness (QED) is 0.690. The van der Waals surface area contributed by atoms with E-state index in [0.29, 0.717) is 5.92 Å². The Morgan fingerprint density at radius 3 is 2.65 bits per heavy atom. The summed E-state index contributed by atoms with van der Waals surface area (Å²) in [4.78, 5) is 14.6. The van der Waals surface area contributed by atoms with Gasteiger partial charge >= 0.3 is 8.05 Å². The molecule has 1 saturated heterocycles. The van der Waals surface area contributed by atoms with Crippen LogP contribution in [0.1, 0.15) is 44.6 Å². The third-order valence-corrected chi connectivity index (χ3v) is 5.76. The van der Waals surface area contributed by atoms with Crippen LogP contribution in [0.2, 0.25) is 0 Å². The second-order valence-electron chi connectivity index (χ2n) is 7.44. The fraction of sp³-hybridized carbons (Fsp3) is 0.500. The lowest BCUT2D eigenvalue weighted by Crippen LogP contribution is -2.38. The van der Waals surface area contributed by atoms with Crippen molar-refractivity contribution in [1.29, 1.82) is 0 Å². The molecule has 0 N–H and O–H groups in total. The lowest BCUT2D eigenvalue weighted by Gasteiger charge is -2.35. The fourth-order valence-electron chi connectivity index (χ4n) is 4.24. The van der Waals surface area contributed by atoms with Gasteiger partial charge in [0.05, 0.1) is 5.92 Å². The van der Waals surface area contributed by atoms with Crippen LogP contribution in [0, 0.1) is 11.8 Å². The summed E-state index contributed by atoms with van der Waals surface area (Å²) in [6.45, 7) is 5.16. The Morgan fingerprint density at radius 1 is 1.19 bits per heavy atom. The molecule has 0 bridgehead atoms. The molecular formula is C22H28BNO2. The van der Waals surface area contributed by atoms with E-state index in [1.54, 1.807) is 0 Å². The molecule has 2 radical (unpaired) electrons. The summed E-state index contributed by atoms with van der Waals surface area (Å²) >= 11 is 0. The van der Waals surface area contributed by atoms with E-state index in [4.69, 9.17) is 8.05 Å². The van der Waals surface area contributed by atoms with Gasteiger partial charge in [0, 0.05) is 6.54 Å². The number of nitrogens with zero attached hydrogens (tertiary/aromatic N) is 1. The SMILES string of the molecule is [B]OC(=O)C(CCCC)C1CCN(Cc2cccc3ccccc23)CC1. The Kier molecular flexibility index (Phi) is 6.73. The van der Waals surface area contributed by atoms with Crippen molar-refractivity contribution in [3.05, 3.63) is 48.0 Å². The lowest BCUT2D eigenvalue weighted by molar-refractivity contribution is -0.141. The van der Waals surface area contributed by atoms with Crippen LogP contribution < -0.4 is 0 Å². The number of benzene rings is 2. The summed E-state index contributed by atoms with van der Waals surface area (Å²) in [6, 6.07) is 15.1. The zero-order valence-electron chi connectivity index (χ0n) is 15.7. The second kappa shape index (κ2) is 9.22. The fourth-order valence-corrected chi connectivity index (χ4v) is 4.24. The van der Waals surface area contributed by atoms with E-state index >= 15 is 0 Å². The minimum atomic E-state index is -0.231. The molecule has 1 aliphatic heterocycles. The topological polar surface area (TPSA) is 29.5 Å². The zero-order chi connectivity index (χ0) is 18.4. The summed E-state index contributed by atoms with van der Waals surface area (Å²) < 4.78 is 4.58. The average Bonchev–Trinajstić information content (AvgIpc) is 2.69. The molecule has 1 atom stereocenters. The Labute approximate surface area is 158 Å². The molecule has 3 rings (SSSR count). The van der Waals surface area contributed by atoms with Gasteiger partial charge in [0.1, 0.15) is 0 Å². The van der Waals surface area contributed by atoms with Crippen LogP contribution in [-0.4, -0.2) is 32.0 Å². The molecule has 2 aromatic rings. The largest absolute Gasteiger partial charge is 0.543 e. The number of carbonyl (C=O) groups excluding carboxylic acids is 1. The van der Waals surface area contributed by atoms with Crippen molar-refractivity contribution in [2.24, 2.45) is 11.8 Å². The molecule has 3 nitrogen and oxygen atoms in total. The van der Waals surface area contributed by atoms with Crippen LogP contribution in [0.4, 0.5) is 0 Å². The van der Waals surface area contributed by atoms with Gasteiger partial charge in [0.15, 0.2) is 0 Å². The Hall–Kier alpha value is -1.81. The zero-order valence-corrected chi connectivity index (χ0v) is 15.7. The van der Waals surface area contributed by atoms with Crippen LogP contribution in [0.15, 0.2) is 42.5 Å². The summed E-state index contributed by atoms with van der Waals surface area (Å²) in [7, 11) is 5.17. The summed E-state index contributed by atoms with van der Waals surface area (Å²) in [5, 5.41) is 2.63. The van der Waals surface area contributed by atoms with Crippen LogP contribution in [-0.2, 0) is 16.0 Å². The highest BCUT2D eigenvalue weighted by molar-refractivity contribution is 6.05. The van der Waals surface area contributed by atoms with Crippen LogP contribution >= 0.6 is 0 Å². The predicted molar refractivity (Wildman–Crippen MR) is 107 cm³/mol. The molecule has 136 valence electrons. The van der Waals surface area contributed by atoms with E-state index in [2.05, 4.69) is 58.9 Å². The van der Waals surface area contributed by atoms with Crippen molar-refractivity contribution in [2.75, 3.05) is 13.1 Å². The molecule has 0 saturated carbocycles. The Balaban J connectivity index is 1.61. The number of rotatable bonds is 7. The first kappa shape index (κ1) is 19.0. The standard InChI is InChI=1S/C22H28BNO2/c1-2-3-10-21(22(25)26-23)18-12-14-24(15-13-18)16-19-9-6-8-17-7-4-5-11-20(17)19/h4-9,11,18,21H,2-3,10,12-16H2,1H3. The van der Waals surface area contributed by atoms with Gasteiger partial charge in [-0.05, 0) is 54.6 Å². The molecule has 26 heavy (non-hydrogen) atoms. The van der Waals surface area contributed by atoms with E-state index in [9.17, 15) is 4.79 Å². The third kappa shape index (κ3) is 4.48. The number of likely N-dealkylation sites (tertiary alicyclic amines) is 1. The molecule has 0 aromatic heterocycles. The normalized spacial score (nSPS) is 17.3. The first-order valence-electron chi connectivity index (χ1n) is 9.82. The highest BCUT2D eigenvalue weighted by Crippen LogP contribution is 2.31. The Bertz CT molecular complexity index is 720. The second-order valence-corrected chi connectivity index (χ2v) is 7.44. The molecule has 1 fully saturated rings. The number of hydrogen-bond donors (Lipinski definition) is 0. The van der Waals surface area contributed by atoms with Gasteiger partial charge in [-0.15, -0.1) is 0 Å². The van der Waals surface area contributed by atoms with E-state index in [1.165, 1.54) is 16.3 Å². The molecule has 4 heteroatoms. The van der Waals surface area contributed by atoms with Gasteiger partial charge in [0.2, 0.25) is 0 Å². The van der Waals surface area contributed by atoms with Gasteiger partial charge in [-0.3, -0.25) is 9.69 Å². The molecule has 0 spiro atoms. The number of hydrogen-bond acceptors (Lipinski definition) is 3. The van der Waals surface area contributed by atoms with Crippen molar-refractivity contribution >= 4 is 24.8 Å². The number of carbonyl (C=O) groups is 1. The van der Waals surface area contributed by atoms with Crippen LogP contribution in [0.25, 0.3) is 10.8 Å². The summed E-state index contributed by atoms with van der Waals surface area (Å²) in [5.41, 5.74) is 1.38. The summed E-state index contributed by atoms with van der Waals surface area (Å²) in [5.74, 6) is 0.118. The highest BCUT2D eigenvalue weighted by Gasteiger charge is 2.31. The van der Waals surface area contributed by atoms with Crippen molar-refractivity contribution in [3.8, 4) is 0 Å². The van der Waals surface area contributed by atoms with Crippen LogP contribution in [0.3, 0.4) is 0 Å². The molecule has 1 unspecified atom stereocenters. The van der Waals surface area contributed by atoms with E-state index in [1.807, 2.05) is 0 Å². The number of unbranched alkanes of at least 4 members (excludes halogenated alkanes) is 1. The van der Waals surface area contributed by atoms with Crippen molar-refractivity contribution < 1.29 is 9.45 Å². The first-order valence-corrected chi connectivity index (χ1v) is 9.82. The maximum atomic E-state index is 12.1. The van der Waals surface area contributed by atoms with Gasteiger partial charge in [-0.2, -0.15) is 0 Å². The molecule has 1 aliphatic rings. The lowest BCUT2D eigenvalue weighted by atomic mass is 9.81. The smallest absolute Gasteiger partial charge is 0.378 e. The predicted octanol–water partition coefficient (Wildman–Crippen LogP) is 4.48. The van der Waals surface area contributed by atoms with Crippen molar-refractivity contribution in [2.45, 2.75) is 45.6 Å². The van der Waals surface area contributed by atoms with Crippen LogP contribution in [0.5, 0.6) is 0 Å². The summed E-state index contributed by atoms with van der Waals surface area (Å²) in [6.07, 6.45) is 5.10. The van der Waals surface area contributed by atoms with Gasteiger partial charge < -0.3 is 4.65 Å².